The Labute approximate surface area is 111 Å². The molecule has 1 heterocycles. The van der Waals surface area contributed by atoms with Gasteiger partial charge < -0.3 is 14.8 Å². The molecule has 2 rings (SSSR count). The average molecular weight is 279 g/mol. The molecular formula is C13H10FNO5. The lowest BCUT2D eigenvalue weighted by Crippen LogP contribution is -2.19. The Morgan fingerprint density at radius 1 is 1.20 bits per heavy atom. The molecule has 104 valence electrons. The van der Waals surface area contributed by atoms with Crippen LogP contribution in [-0.2, 0) is 6.54 Å². The topological polar surface area (TPSA) is 96.6 Å². The van der Waals surface area contributed by atoms with Crippen LogP contribution in [0.2, 0.25) is 0 Å². The van der Waals surface area contributed by atoms with E-state index in [1.54, 1.807) is 6.92 Å². The molecule has 0 bridgehead atoms. The lowest BCUT2D eigenvalue weighted by atomic mass is 10.1. The summed E-state index contributed by atoms with van der Waals surface area (Å²) in [5, 5.41) is 17.7. The molecule has 0 aliphatic heterocycles. The minimum atomic E-state index is -1.46. The Hall–Kier alpha value is -2.70. The van der Waals surface area contributed by atoms with Gasteiger partial charge in [-0.2, -0.15) is 0 Å². The summed E-state index contributed by atoms with van der Waals surface area (Å²) in [4.78, 5) is 33.9. The van der Waals surface area contributed by atoms with Gasteiger partial charge in [0, 0.05) is 18.1 Å². The number of nitrogens with zero attached hydrogens (tertiary/aromatic N) is 1. The number of pyridine rings is 1. The number of rotatable bonds is 3. The number of aromatic nitrogens is 1. The highest BCUT2D eigenvalue weighted by molar-refractivity contribution is 5.96. The van der Waals surface area contributed by atoms with Crippen LogP contribution in [0.1, 0.15) is 27.6 Å². The van der Waals surface area contributed by atoms with Gasteiger partial charge in [0.1, 0.15) is 11.4 Å². The largest absolute Gasteiger partial charge is 0.478 e. The first-order valence-corrected chi connectivity index (χ1v) is 5.70. The molecule has 2 N–H and O–H groups in total. The maximum absolute atomic E-state index is 13.6. The van der Waals surface area contributed by atoms with Gasteiger partial charge in [-0.15, -0.1) is 0 Å². The normalized spacial score (nSPS) is 10.7. The first-order chi connectivity index (χ1) is 9.36. The van der Waals surface area contributed by atoms with E-state index in [0.29, 0.717) is 6.54 Å². The van der Waals surface area contributed by atoms with Gasteiger partial charge in [-0.05, 0) is 19.1 Å². The van der Waals surface area contributed by atoms with Crippen molar-refractivity contribution in [3.8, 4) is 0 Å². The zero-order chi connectivity index (χ0) is 15.0. The summed E-state index contributed by atoms with van der Waals surface area (Å²) < 4.78 is 15.0. The van der Waals surface area contributed by atoms with Crippen molar-refractivity contribution in [2.45, 2.75) is 13.5 Å². The smallest absolute Gasteiger partial charge is 0.341 e. The van der Waals surface area contributed by atoms with Crippen molar-refractivity contribution in [1.29, 1.82) is 0 Å². The summed E-state index contributed by atoms with van der Waals surface area (Å²) >= 11 is 0. The molecule has 0 saturated heterocycles. The fraction of sp³-hybridized carbons (Fsp3) is 0.154. The molecule has 1 aromatic carbocycles. The van der Waals surface area contributed by atoms with Crippen LogP contribution in [0.4, 0.5) is 4.39 Å². The third-order valence-electron chi connectivity index (χ3n) is 2.97. The maximum Gasteiger partial charge on any atom is 0.341 e. The van der Waals surface area contributed by atoms with Crippen molar-refractivity contribution in [1.82, 2.24) is 4.57 Å². The van der Waals surface area contributed by atoms with Gasteiger partial charge in [0.25, 0.3) is 0 Å². The minimum absolute atomic E-state index is 0.158. The Kier molecular flexibility index (Phi) is 3.27. The number of halogens is 1. The van der Waals surface area contributed by atoms with E-state index >= 15 is 0 Å². The zero-order valence-electron chi connectivity index (χ0n) is 10.4. The van der Waals surface area contributed by atoms with Crippen LogP contribution in [0.15, 0.2) is 23.1 Å². The number of aryl methyl sites for hydroxylation is 1. The van der Waals surface area contributed by atoms with Gasteiger partial charge in [-0.3, -0.25) is 4.79 Å². The standard InChI is InChI=1S/C13H10FNO5/c1-2-15-5-8(13(19)20)11(16)7-3-9(14)6(12(17)18)4-10(7)15/h3-5H,2H2,1H3,(H,17,18)(H,19,20). The van der Waals surface area contributed by atoms with E-state index in [-0.39, 0.29) is 10.9 Å². The first-order valence-electron chi connectivity index (χ1n) is 5.70. The van der Waals surface area contributed by atoms with Crippen molar-refractivity contribution in [3.63, 3.8) is 0 Å². The third kappa shape index (κ3) is 2.03. The number of carbonyl (C=O) groups is 2. The minimum Gasteiger partial charge on any atom is -0.478 e. The molecule has 0 unspecified atom stereocenters. The number of aromatic carboxylic acids is 2. The van der Waals surface area contributed by atoms with Gasteiger partial charge in [0.15, 0.2) is 0 Å². The van der Waals surface area contributed by atoms with Crippen LogP contribution in [-0.4, -0.2) is 26.7 Å². The number of carboxylic acid groups (broad SMARTS) is 2. The highest BCUT2D eigenvalue weighted by atomic mass is 19.1. The highest BCUT2D eigenvalue weighted by Crippen LogP contribution is 2.18. The summed E-state index contributed by atoms with van der Waals surface area (Å²) in [6.45, 7) is 2.00. The molecule has 20 heavy (non-hydrogen) atoms. The predicted molar refractivity (Wildman–Crippen MR) is 67.8 cm³/mol. The number of fused-ring (bicyclic) bond motifs is 1. The van der Waals surface area contributed by atoms with Crippen molar-refractivity contribution in [2.75, 3.05) is 0 Å². The molecule has 0 aliphatic rings. The SMILES string of the molecule is CCn1cc(C(=O)O)c(=O)c2cc(F)c(C(=O)O)cc21. The van der Waals surface area contributed by atoms with Crippen LogP contribution in [0.5, 0.6) is 0 Å². The van der Waals surface area contributed by atoms with Gasteiger partial charge >= 0.3 is 11.9 Å². The third-order valence-corrected chi connectivity index (χ3v) is 2.97. The Balaban J connectivity index is 2.98. The monoisotopic (exact) mass is 279 g/mol. The predicted octanol–water partition coefficient (Wildman–Crippen LogP) is 1.56. The molecule has 0 spiro atoms. The molecule has 0 amide bonds. The molecule has 0 aliphatic carbocycles. The molecule has 7 heteroatoms. The second kappa shape index (κ2) is 4.76. The van der Waals surface area contributed by atoms with Gasteiger partial charge in [0.2, 0.25) is 5.43 Å². The summed E-state index contributed by atoms with van der Waals surface area (Å²) in [5.74, 6) is -3.95. The van der Waals surface area contributed by atoms with Crippen molar-refractivity contribution in [3.05, 3.63) is 45.5 Å². The van der Waals surface area contributed by atoms with Crippen molar-refractivity contribution >= 4 is 22.8 Å². The quantitative estimate of drug-likeness (QED) is 0.888. The van der Waals surface area contributed by atoms with Crippen LogP contribution < -0.4 is 5.43 Å². The van der Waals surface area contributed by atoms with E-state index in [1.165, 1.54) is 4.57 Å². The van der Waals surface area contributed by atoms with Crippen molar-refractivity contribution < 1.29 is 24.2 Å². The first kappa shape index (κ1) is 13.7. The van der Waals surface area contributed by atoms with E-state index in [1.807, 2.05) is 0 Å². The van der Waals surface area contributed by atoms with Gasteiger partial charge in [-0.1, -0.05) is 0 Å². The molecule has 6 nitrogen and oxygen atoms in total. The second-order valence-electron chi connectivity index (χ2n) is 4.12. The van der Waals surface area contributed by atoms with Gasteiger partial charge in [0.05, 0.1) is 11.1 Å². The Morgan fingerprint density at radius 2 is 1.80 bits per heavy atom. The average Bonchev–Trinajstić information content (AvgIpc) is 2.38. The summed E-state index contributed by atoms with van der Waals surface area (Å²) in [6, 6.07) is 1.79. The van der Waals surface area contributed by atoms with E-state index in [0.717, 1.165) is 18.3 Å². The maximum atomic E-state index is 13.6. The van der Waals surface area contributed by atoms with Crippen LogP contribution in [0, 0.1) is 5.82 Å². The summed E-state index contributed by atoms with van der Waals surface area (Å²) in [5.41, 5.74) is -1.71. The van der Waals surface area contributed by atoms with Crippen LogP contribution >= 0.6 is 0 Å². The zero-order valence-corrected chi connectivity index (χ0v) is 10.4. The second-order valence-corrected chi connectivity index (χ2v) is 4.12. The van der Waals surface area contributed by atoms with E-state index in [2.05, 4.69) is 0 Å². The molecule has 0 atom stereocenters. The van der Waals surface area contributed by atoms with E-state index < -0.39 is 34.3 Å². The molecule has 0 fully saturated rings. The van der Waals surface area contributed by atoms with E-state index in [4.69, 9.17) is 10.2 Å². The number of carboxylic acids is 2. The molecule has 1 aromatic heterocycles. The van der Waals surface area contributed by atoms with Gasteiger partial charge in [-0.25, -0.2) is 14.0 Å². The number of benzene rings is 1. The lowest BCUT2D eigenvalue weighted by molar-refractivity contribution is 0.0681. The van der Waals surface area contributed by atoms with E-state index in [9.17, 15) is 18.8 Å². The highest BCUT2D eigenvalue weighted by Gasteiger charge is 2.18. The number of hydrogen-bond donors (Lipinski definition) is 2. The van der Waals surface area contributed by atoms with Crippen LogP contribution in [0.25, 0.3) is 10.9 Å². The Morgan fingerprint density at radius 3 is 2.30 bits per heavy atom. The Bertz CT molecular complexity index is 793. The lowest BCUT2D eigenvalue weighted by Gasteiger charge is -2.11. The van der Waals surface area contributed by atoms with Crippen LogP contribution in [0.3, 0.4) is 0 Å². The fourth-order valence-corrected chi connectivity index (χ4v) is 1.99. The molecule has 0 saturated carbocycles. The summed E-state index contributed by atoms with van der Waals surface area (Å²) in [6.07, 6.45) is 1.12. The van der Waals surface area contributed by atoms with Crippen molar-refractivity contribution in [2.24, 2.45) is 0 Å². The number of hydrogen-bond acceptors (Lipinski definition) is 3. The molecule has 0 radical (unpaired) electrons. The molecular weight excluding hydrogens is 269 g/mol. The summed E-state index contributed by atoms with van der Waals surface area (Å²) in [7, 11) is 0. The fourth-order valence-electron chi connectivity index (χ4n) is 1.99. The molecule has 2 aromatic rings.